The molecule has 1 amide bonds. The van der Waals surface area contributed by atoms with Crippen LogP contribution in [0.3, 0.4) is 0 Å². The lowest BCUT2D eigenvalue weighted by atomic mass is 10.3. The second-order valence-electron chi connectivity index (χ2n) is 3.30. The van der Waals surface area contributed by atoms with Gasteiger partial charge in [0.2, 0.25) is 0 Å². The minimum atomic E-state index is -0.140. The van der Waals surface area contributed by atoms with E-state index in [9.17, 15) is 4.79 Å². The van der Waals surface area contributed by atoms with Crippen LogP contribution in [0.15, 0.2) is 15.2 Å². The fourth-order valence-electron chi connectivity index (χ4n) is 1.16. The molecule has 0 aliphatic carbocycles. The first-order valence-corrected chi connectivity index (χ1v) is 7.70. The number of carbonyl (C=O) groups excluding carboxylic acids is 1. The van der Waals surface area contributed by atoms with Crippen molar-refractivity contribution >= 4 is 61.2 Å². The molecular weight excluding hydrogens is 344 g/mol. The Kier molecular flexibility index (Phi) is 4.19. The predicted octanol–water partition coefficient (Wildman–Crippen LogP) is 4.27. The molecule has 2 aromatic rings. The van der Waals surface area contributed by atoms with E-state index in [0.29, 0.717) is 15.9 Å². The molecule has 0 fully saturated rings. The van der Waals surface area contributed by atoms with Crippen LogP contribution in [-0.4, -0.2) is 10.9 Å². The number of thiazole rings is 1. The van der Waals surface area contributed by atoms with Crippen LogP contribution in [0.1, 0.15) is 20.9 Å². The van der Waals surface area contributed by atoms with Gasteiger partial charge in [0.05, 0.1) is 20.2 Å². The van der Waals surface area contributed by atoms with Crippen molar-refractivity contribution in [2.24, 2.45) is 0 Å². The molecule has 0 unspecified atom stereocenters. The maximum Gasteiger partial charge on any atom is 0.267 e. The zero-order valence-corrected chi connectivity index (χ0v) is 12.8. The number of hydrogen-bond donors (Lipinski definition) is 1. The van der Waals surface area contributed by atoms with E-state index in [4.69, 9.17) is 11.6 Å². The molecule has 0 aliphatic rings. The zero-order valence-electron chi connectivity index (χ0n) is 8.79. The minimum Gasteiger partial charge on any atom is -0.297 e. The topological polar surface area (TPSA) is 42.0 Å². The van der Waals surface area contributed by atoms with Gasteiger partial charge in [-0.25, -0.2) is 4.98 Å². The largest absolute Gasteiger partial charge is 0.297 e. The van der Waals surface area contributed by atoms with Crippen molar-refractivity contribution in [2.75, 3.05) is 5.32 Å². The van der Waals surface area contributed by atoms with Crippen LogP contribution >= 0.6 is 50.2 Å². The summed E-state index contributed by atoms with van der Waals surface area (Å²) in [6.07, 6.45) is 0. The lowest BCUT2D eigenvalue weighted by molar-refractivity contribution is 0.103. The highest BCUT2D eigenvalue weighted by molar-refractivity contribution is 9.11. The molecule has 7 heteroatoms. The summed E-state index contributed by atoms with van der Waals surface area (Å²) in [5, 5.41) is 5.16. The van der Waals surface area contributed by atoms with E-state index < -0.39 is 0 Å². The Morgan fingerprint density at radius 1 is 1.65 bits per heavy atom. The number of hydrogen-bond acceptors (Lipinski definition) is 4. The molecule has 3 nitrogen and oxygen atoms in total. The Bertz CT molecular complexity index is 533. The molecule has 0 saturated heterocycles. The van der Waals surface area contributed by atoms with Crippen LogP contribution in [0.5, 0.6) is 0 Å². The van der Waals surface area contributed by atoms with Gasteiger partial charge in [-0.1, -0.05) is 0 Å². The Labute approximate surface area is 120 Å². The highest BCUT2D eigenvalue weighted by Crippen LogP contribution is 2.28. The molecular formula is C10H8BrClN2OS2. The number of alkyl halides is 1. The van der Waals surface area contributed by atoms with E-state index >= 15 is 0 Å². The van der Waals surface area contributed by atoms with Crippen molar-refractivity contribution in [3.63, 3.8) is 0 Å². The average molecular weight is 352 g/mol. The van der Waals surface area contributed by atoms with Gasteiger partial charge in [0, 0.05) is 5.38 Å². The molecule has 1 N–H and O–H groups in total. The smallest absolute Gasteiger partial charge is 0.267 e. The second kappa shape index (κ2) is 5.48. The summed E-state index contributed by atoms with van der Waals surface area (Å²) in [7, 11) is 0. The van der Waals surface area contributed by atoms with Crippen molar-refractivity contribution in [1.29, 1.82) is 0 Å². The third kappa shape index (κ3) is 3.07. The first-order valence-electron chi connectivity index (χ1n) is 4.68. The molecule has 2 aromatic heterocycles. The Morgan fingerprint density at radius 2 is 2.41 bits per heavy atom. The van der Waals surface area contributed by atoms with Gasteiger partial charge in [0.1, 0.15) is 0 Å². The van der Waals surface area contributed by atoms with Gasteiger partial charge in [-0.2, -0.15) is 0 Å². The molecule has 17 heavy (non-hydrogen) atoms. The number of halogens is 2. The summed E-state index contributed by atoms with van der Waals surface area (Å²) in [6, 6.07) is 1.85. The van der Waals surface area contributed by atoms with Crippen molar-refractivity contribution < 1.29 is 4.79 Å². The summed E-state index contributed by atoms with van der Waals surface area (Å²) in [4.78, 5) is 16.7. The molecule has 0 aromatic carbocycles. The number of nitrogens with one attached hydrogen (secondary N) is 1. The molecule has 2 rings (SSSR count). The molecule has 0 spiro atoms. The van der Waals surface area contributed by atoms with E-state index in [0.717, 1.165) is 15.0 Å². The zero-order chi connectivity index (χ0) is 12.4. The van der Waals surface area contributed by atoms with Crippen LogP contribution in [0.25, 0.3) is 0 Å². The van der Waals surface area contributed by atoms with Crippen LogP contribution in [0, 0.1) is 6.92 Å². The molecule has 90 valence electrons. The Balaban J connectivity index is 2.11. The van der Waals surface area contributed by atoms with E-state index in [-0.39, 0.29) is 5.91 Å². The maximum absolute atomic E-state index is 11.9. The van der Waals surface area contributed by atoms with Crippen molar-refractivity contribution in [3.8, 4) is 0 Å². The Hall–Kier alpha value is -0.430. The number of aryl methyl sites for hydroxylation is 1. The normalized spacial score (nSPS) is 10.5. The molecule has 0 radical (unpaired) electrons. The SMILES string of the molecule is Cc1cc(C(=O)Nc2nc(CCl)cs2)sc1Br. The number of aromatic nitrogens is 1. The quantitative estimate of drug-likeness (QED) is 0.839. The molecule has 0 saturated carbocycles. The van der Waals surface area contributed by atoms with Gasteiger partial charge < -0.3 is 0 Å². The monoisotopic (exact) mass is 350 g/mol. The predicted molar refractivity (Wildman–Crippen MR) is 76.4 cm³/mol. The summed E-state index contributed by atoms with van der Waals surface area (Å²) >= 11 is 11.8. The number of rotatable bonds is 3. The molecule has 0 aliphatic heterocycles. The third-order valence-corrected chi connectivity index (χ3v) is 5.21. The fourth-order valence-corrected chi connectivity index (χ4v) is 3.52. The van der Waals surface area contributed by atoms with Gasteiger partial charge in [-0.05, 0) is 34.5 Å². The average Bonchev–Trinajstić information content (AvgIpc) is 2.87. The third-order valence-electron chi connectivity index (χ3n) is 1.99. The van der Waals surface area contributed by atoms with Gasteiger partial charge in [0.25, 0.3) is 5.91 Å². The highest BCUT2D eigenvalue weighted by Gasteiger charge is 2.12. The van der Waals surface area contributed by atoms with Crippen LogP contribution < -0.4 is 5.32 Å². The van der Waals surface area contributed by atoms with Gasteiger partial charge in [-0.3, -0.25) is 10.1 Å². The summed E-state index contributed by atoms with van der Waals surface area (Å²) in [5.41, 5.74) is 1.83. The van der Waals surface area contributed by atoms with Crippen LogP contribution in [-0.2, 0) is 5.88 Å². The van der Waals surface area contributed by atoms with E-state index in [1.54, 1.807) is 0 Å². The van der Waals surface area contributed by atoms with Crippen molar-refractivity contribution in [2.45, 2.75) is 12.8 Å². The molecule has 2 heterocycles. The van der Waals surface area contributed by atoms with Crippen molar-refractivity contribution in [3.05, 3.63) is 31.4 Å². The fraction of sp³-hybridized carbons (Fsp3) is 0.200. The number of nitrogens with zero attached hydrogens (tertiary/aromatic N) is 1. The van der Waals surface area contributed by atoms with Gasteiger partial charge in [-0.15, -0.1) is 34.3 Å². The highest BCUT2D eigenvalue weighted by atomic mass is 79.9. The van der Waals surface area contributed by atoms with E-state index in [1.807, 2.05) is 18.4 Å². The maximum atomic E-state index is 11.9. The van der Waals surface area contributed by atoms with Crippen LogP contribution in [0.2, 0.25) is 0 Å². The van der Waals surface area contributed by atoms with E-state index in [1.165, 1.54) is 22.7 Å². The second-order valence-corrected chi connectivity index (χ2v) is 6.79. The Morgan fingerprint density at radius 3 is 2.94 bits per heavy atom. The number of anilines is 1. The first-order chi connectivity index (χ1) is 8.10. The first kappa shape index (κ1) is 13.0. The molecule has 0 bridgehead atoms. The molecule has 0 atom stereocenters. The van der Waals surface area contributed by atoms with Gasteiger partial charge >= 0.3 is 0 Å². The van der Waals surface area contributed by atoms with Crippen LogP contribution in [0.4, 0.5) is 5.13 Å². The summed E-state index contributed by atoms with van der Waals surface area (Å²) in [6.45, 7) is 1.95. The van der Waals surface area contributed by atoms with E-state index in [2.05, 4.69) is 26.2 Å². The number of amides is 1. The van der Waals surface area contributed by atoms with Gasteiger partial charge in [0.15, 0.2) is 5.13 Å². The number of carbonyl (C=O) groups is 1. The number of thiophene rings is 1. The summed E-state index contributed by atoms with van der Waals surface area (Å²) < 4.78 is 0.975. The van der Waals surface area contributed by atoms with Crippen molar-refractivity contribution in [1.82, 2.24) is 4.98 Å². The lowest BCUT2D eigenvalue weighted by Crippen LogP contribution is -2.09. The standard InChI is InChI=1S/C10H8BrClN2OS2/c1-5-2-7(17-8(5)11)9(15)14-10-13-6(3-12)4-16-10/h2,4H,3H2,1H3,(H,13,14,15). The lowest BCUT2D eigenvalue weighted by Gasteiger charge is -1.97. The minimum absolute atomic E-state index is 0.140. The summed E-state index contributed by atoms with van der Waals surface area (Å²) in [5.74, 6) is 0.218.